The van der Waals surface area contributed by atoms with Crippen molar-refractivity contribution in [3.05, 3.63) is 41.5 Å². The molecule has 2 rings (SSSR count). The van der Waals surface area contributed by atoms with Crippen molar-refractivity contribution < 1.29 is 14.7 Å². The second-order valence-electron chi connectivity index (χ2n) is 3.94. The average molecular weight is 276 g/mol. The fourth-order valence-electron chi connectivity index (χ4n) is 1.45. The minimum Gasteiger partial charge on any atom is -0.480 e. The number of pyridine rings is 1. The lowest BCUT2D eigenvalue weighted by atomic mass is 10.2. The first-order chi connectivity index (χ1) is 9.08. The molecule has 2 heterocycles. The van der Waals surface area contributed by atoms with Crippen molar-refractivity contribution in [3.63, 3.8) is 0 Å². The van der Waals surface area contributed by atoms with Gasteiger partial charge >= 0.3 is 5.97 Å². The molecule has 0 aromatic carbocycles. The summed E-state index contributed by atoms with van der Waals surface area (Å²) in [6, 6.07) is 6.32. The normalized spacial score (nSPS) is 11.8. The highest BCUT2D eigenvalue weighted by atomic mass is 32.1. The van der Waals surface area contributed by atoms with Crippen LogP contribution in [-0.2, 0) is 4.79 Å². The van der Waals surface area contributed by atoms with E-state index < -0.39 is 12.0 Å². The van der Waals surface area contributed by atoms with Gasteiger partial charge in [-0.3, -0.25) is 14.6 Å². The number of carboxylic acid groups (broad SMARTS) is 1. The molecule has 1 atom stereocenters. The van der Waals surface area contributed by atoms with Crippen LogP contribution in [0.15, 0.2) is 36.7 Å². The van der Waals surface area contributed by atoms with Crippen LogP contribution in [0.4, 0.5) is 0 Å². The van der Waals surface area contributed by atoms with Crippen molar-refractivity contribution in [1.82, 2.24) is 10.3 Å². The second-order valence-corrected chi connectivity index (χ2v) is 5.02. The molecule has 0 fully saturated rings. The molecule has 0 aliphatic carbocycles. The van der Waals surface area contributed by atoms with Gasteiger partial charge in [0.05, 0.1) is 4.88 Å². The smallest absolute Gasteiger partial charge is 0.325 e. The number of aliphatic carboxylic acids is 1. The fraction of sp³-hybridized carbons (Fsp3) is 0.154. The van der Waals surface area contributed by atoms with E-state index in [0.717, 1.165) is 10.4 Å². The van der Waals surface area contributed by atoms with Gasteiger partial charge in [0.2, 0.25) is 0 Å². The third-order valence-electron chi connectivity index (χ3n) is 2.49. The quantitative estimate of drug-likeness (QED) is 0.895. The van der Waals surface area contributed by atoms with Gasteiger partial charge in [-0.25, -0.2) is 0 Å². The van der Waals surface area contributed by atoms with E-state index in [4.69, 9.17) is 5.11 Å². The highest BCUT2D eigenvalue weighted by Gasteiger charge is 2.16. The molecule has 0 radical (unpaired) electrons. The summed E-state index contributed by atoms with van der Waals surface area (Å²) in [5, 5.41) is 11.2. The number of aromatic nitrogens is 1. The molecule has 0 spiro atoms. The minimum absolute atomic E-state index is 0.380. The summed E-state index contributed by atoms with van der Waals surface area (Å²) < 4.78 is 0. The second kappa shape index (κ2) is 5.62. The number of nitrogens with one attached hydrogen (secondary N) is 1. The molecular formula is C13H12N2O3S. The van der Waals surface area contributed by atoms with Crippen LogP contribution in [0.25, 0.3) is 10.4 Å². The van der Waals surface area contributed by atoms with Gasteiger partial charge in [-0.1, -0.05) is 6.07 Å². The lowest BCUT2D eigenvalue weighted by Crippen LogP contribution is -2.37. The summed E-state index contributed by atoms with van der Waals surface area (Å²) in [6.07, 6.45) is 3.40. The molecule has 5 nitrogen and oxygen atoms in total. The molecule has 0 aliphatic heterocycles. The summed E-state index contributed by atoms with van der Waals surface area (Å²) >= 11 is 1.30. The van der Waals surface area contributed by atoms with Crippen molar-refractivity contribution in [2.75, 3.05) is 0 Å². The number of carbonyl (C=O) groups excluding carboxylic acids is 1. The van der Waals surface area contributed by atoms with E-state index in [1.807, 2.05) is 18.2 Å². The van der Waals surface area contributed by atoms with E-state index in [9.17, 15) is 9.59 Å². The number of nitrogens with zero attached hydrogens (tertiary/aromatic N) is 1. The first kappa shape index (κ1) is 13.2. The van der Waals surface area contributed by atoms with E-state index in [2.05, 4.69) is 10.3 Å². The zero-order valence-electron chi connectivity index (χ0n) is 10.2. The van der Waals surface area contributed by atoms with E-state index in [1.165, 1.54) is 18.3 Å². The molecule has 2 N–H and O–H groups in total. The van der Waals surface area contributed by atoms with Crippen molar-refractivity contribution in [2.24, 2.45) is 0 Å². The largest absolute Gasteiger partial charge is 0.480 e. The van der Waals surface area contributed by atoms with E-state index in [1.54, 1.807) is 18.5 Å². The third kappa shape index (κ3) is 3.17. The maximum atomic E-state index is 11.8. The summed E-state index contributed by atoms with van der Waals surface area (Å²) in [5.41, 5.74) is 0.929. The first-order valence-electron chi connectivity index (χ1n) is 5.62. The average Bonchev–Trinajstić information content (AvgIpc) is 2.89. The summed E-state index contributed by atoms with van der Waals surface area (Å²) in [7, 11) is 0. The lowest BCUT2D eigenvalue weighted by Gasteiger charge is -2.07. The molecule has 0 saturated carbocycles. The SMILES string of the molecule is C[C@@H](NC(=O)c1ccc(-c2cccnc2)s1)C(=O)O. The Labute approximate surface area is 113 Å². The van der Waals surface area contributed by atoms with Gasteiger partial charge in [-0.2, -0.15) is 0 Å². The van der Waals surface area contributed by atoms with Gasteiger partial charge in [0.15, 0.2) is 0 Å². The first-order valence-corrected chi connectivity index (χ1v) is 6.43. The van der Waals surface area contributed by atoms with Crippen LogP contribution in [0.1, 0.15) is 16.6 Å². The number of rotatable bonds is 4. The molecule has 0 saturated heterocycles. The standard InChI is InChI=1S/C13H12N2O3S/c1-8(13(17)18)15-12(16)11-5-4-10(19-11)9-3-2-6-14-7-9/h2-8H,1H3,(H,15,16)(H,17,18)/t8-/m1/s1. The Hall–Kier alpha value is -2.21. The fourth-order valence-corrected chi connectivity index (χ4v) is 2.35. The van der Waals surface area contributed by atoms with Gasteiger partial charge in [0, 0.05) is 22.8 Å². The Bertz CT molecular complexity index is 595. The summed E-state index contributed by atoms with van der Waals surface area (Å²) in [4.78, 5) is 27.9. The van der Waals surface area contributed by atoms with Gasteiger partial charge in [0.1, 0.15) is 6.04 Å². The van der Waals surface area contributed by atoms with Gasteiger partial charge in [-0.15, -0.1) is 11.3 Å². The van der Waals surface area contributed by atoms with Crippen LogP contribution in [0.2, 0.25) is 0 Å². The maximum Gasteiger partial charge on any atom is 0.325 e. The zero-order valence-corrected chi connectivity index (χ0v) is 11.0. The van der Waals surface area contributed by atoms with Crippen LogP contribution in [-0.4, -0.2) is 28.0 Å². The van der Waals surface area contributed by atoms with Crippen LogP contribution in [0.3, 0.4) is 0 Å². The Kier molecular flexibility index (Phi) is 3.91. The highest BCUT2D eigenvalue weighted by Crippen LogP contribution is 2.27. The van der Waals surface area contributed by atoms with E-state index >= 15 is 0 Å². The lowest BCUT2D eigenvalue weighted by molar-refractivity contribution is -0.138. The van der Waals surface area contributed by atoms with Gasteiger partial charge in [-0.05, 0) is 25.1 Å². The Morgan fingerprint density at radius 1 is 1.37 bits per heavy atom. The number of amides is 1. The van der Waals surface area contributed by atoms with Crippen molar-refractivity contribution in [3.8, 4) is 10.4 Å². The number of hydrogen-bond acceptors (Lipinski definition) is 4. The monoisotopic (exact) mass is 276 g/mol. The van der Waals surface area contributed by atoms with Crippen molar-refractivity contribution in [1.29, 1.82) is 0 Å². The van der Waals surface area contributed by atoms with Crippen LogP contribution in [0, 0.1) is 0 Å². The van der Waals surface area contributed by atoms with Crippen LogP contribution < -0.4 is 5.32 Å². The molecule has 6 heteroatoms. The molecule has 98 valence electrons. The molecule has 1 amide bonds. The molecule has 0 bridgehead atoms. The van der Waals surface area contributed by atoms with Crippen LogP contribution >= 0.6 is 11.3 Å². The Morgan fingerprint density at radius 2 is 2.16 bits per heavy atom. The van der Waals surface area contributed by atoms with Crippen molar-refractivity contribution >= 4 is 23.2 Å². The topological polar surface area (TPSA) is 79.3 Å². The number of hydrogen-bond donors (Lipinski definition) is 2. The maximum absolute atomic E-state index is 11.8. The minimum atomic E-state index is -1.06. The van der Waals surface area contributed by atoms with Crippen LogP contribution in [0.5, 0.6) is 0 Å². The molecule has 19 heavy (non-hydrogen) atoms. The van der Waals surface area contributed by atoms with E-state index in [0.29, 0.717) is 4.88 Å². The number of thiophene rings is 1. The Balaban J connectivity index is 2.13. The Morgan fingerprint density at radius 3 is 2.79 bits per heavy atom. The van der Waals surface area contributed by atoms with E-state index in [-0.39, 0.29) is 5.91 Å². The number of carboxylic acids is 1. The molecule has 2 aromatic rings. The highest BCUT2D eigenvalue weighted by molar-refractivity contribution is 7.17. The predicted molar refractivity (Wildman–Crippen MR) is 72.1 cm³/mol. The summed E-state index contributed by atoms with van der Waals surface area (Å²) in [6.45, 7) is 1.43. The third-order valence-corrected chi connectivity index (χ3v) is 3.63. The molecular weight excluding hydrogens is 264 g/mol. The predicted octanol–water partition coefficient (Wildman–Crippen LogP) is 2.01. The van der Waals surface area contributed by atoms with Crippen molar-refractivity contribution in [2.45, 2.75) is 13.0 Å². The summed E-state index contributed by atoms with van der Waals surface area (Å²) in [5.74, 6) is -1.44. The van der Waals surface area contributed by atoms with Gasteiger partial charge < -0.3 is 10.4 Å². The number of carbonyl (C=O) groups is 2. The zero-order chi connectivity index (χ0) is 13.8. The molecule has 2 aromatic heterocycles. The molecule has 0 unspecified atom stereocenters. The van der Waals surface area contributed by atoms with Gasteiger partial charge in [0.25, 0.3) is 5.91 Å². The molecule has 0 aliphatic rings.